The predicted molar refractivity (Wildman–Crippen MR) is 236 cm³/mol. The molecule has 340 valence electrons. The van der Waals surface area contributed by atoms with E-state index in [1.807, 2.05) is 58.3 Å². The van der Waals surface area contributed by atoms with E-state index in [2.05, 4.69) is 48.0 Å². The van der Waals surface area contributed by atoms with Gasteiger partial charge in [-0.15, -0.1) is 0 Å². The topological polar surface area (TPSA) is 171 Å². The highest BCUT2D eigenvalue weighted by Crippen LogP contribution is 2.29. The van der Waals surface area contributed by atoms with Crippen LogP contribution >= 0.6 is 0 Å². The van der Waals surface area contributed by atoms with E-state index in [0.29, 0.717) is 58.0 Å². The summed E-state index contributed by atoms with van der Waals surface area (Å²) < 4.78 is 50.9. The quantitative estimate of drug-likeness (QED) is 0.0519. The molecule has 0 radical (unpaired) electrons. The minimum absolute atomic E-state index is 0.214. The molecule has 4 heterocycles. The summed E-state index contributed by atoms with van der Waals surface area (Å²) in [6.07, 6.45) is 3.33. The normalized spacial score (nSPS) is 14.7. The highest BCUT2D eigenvalue weighted by molar-refractivity contribution is 5.99. The van der Waals surface area contributed by atoms with Crippen molar-refractivity contribution in [3.05, 3.63) is 131 Å². The van der Waals surface area contributed by atoms with Crippen LogP contribution in [0.15, 0.2) is 106 Å². The number of nitrogens with zero attached hydrogens (tertiary/aromatic N) is 6. The van der Waals surface area contributed by atoms with Crippen molar-refractivity contribution >= 4 is 23.9 Å². The average Bonchev–Trinajstić information content (AvgIpc) is 3.95. The first-order chi connectivity index (χ1) is 31.7. The average molecular weight is 899 g/mol. The summed E-state index contributed by atoms with van der Waals surface area (Å²) in [5.41, 5.74) is 5.64. The van der Waals surface area contributed by atoms with E-state index in [-0.39, 0.29) is 50.9 Å². The van der Waals surface area contributed by atoms with Crippen molar-refractivity contribution in [3.8, 4) is 45.7 Å². The molecule has 4 aromatic carbocycles. The number of likely N-dealkylation sites (tertiary alicyclic amines) is 2. The molecule has 2 saturated heterocycles. The zero-order valence-electron chi connectivity index (χ0n) is 36.9. The lowest BCUT2D eigenvalue weighted by Gasteiger charge is -2.37. The van der Waals surface area contributed by atoms with Crippen LogP contribution in [0.1, 0.15) is 49.9 Å². The number of ether oxygens (including phenoxy) is 2. The van der Waals surface area contributed by atoms with E-state index in [1.54, 1.807) is 24.3 Å². The first-order valence-corrected chi connectivity index (χ1v) is 21.8. The fraction of sp³-hybridized carbons (Fsp3) is 0.320. The first-order valence-electron chi connectivity index (χ1n) is 21.8. The summed E-state index contributed by atoms with van der Waals surface area (Å²) >= 11 is 0. The minimum Gasteiger partial charge on any atom is -0.390 e. The van der Waals surface area contributed by atoms with Gasteiger partial charge in [0.15, 0.2) is 0 Å². The number of rotatable bonds is 16. The summed E-state index contributed by atoms with van der Waals surface area (Å²) in [5.74, 6) is -3.79. The Bertz CT molecular complexity index is 2570. The van der Waals surface area contributed by atoms with Crippen LogP contribution in [0, 0.1) is 35.3 Å². The molecule has 0 saturated carbocycles. The van der Waals surface area contributed by atoms with Crippen LogP contribution < -0.4 is 0 Å². The molecule has 14 nitrogen and oxygen atoms in total. The number of carbonyl (C=O) groups is 4. The highest BCUT2D eigenvalue weighted by Gasteiger charge is 2.36. The zero-order chi connectivity index (χ0) is 46.5. The predicted octanol–water partition coefficient (Wildman–Crippen LogP) is 8.06. The third kappa shape index (κ3) is 11.2. The van der Waals surface area contributed by atoms with E-state index >= 15 is 8.78 Å². The second kappa shape index (κ2) is 20.0. The number of aromatic nitrogens is 4. The Kier molecular flexibility index (Phi) is 13.8. The van der Waals surface area contributed by atoms with Gasteiger partial charge in [0.1, 0.15) is 11.6 Å². The lowest BCUT2D eigenvalue weighted by molar-refractivity contribution is -0.166. The molecule has 8 rings (SSSR count). The molecule has 16 heteroatoms. The molecule has 2 fully saturated rings. The van der Waals surface area contributed by atoms with Crippen molar-refractivity contribution in [1.82, 2.24) is 30.1 Å². The Morgan fingerprint density at radius 2 is 0.955 bits per heavy atom. The van der Waals surface area contributed by atoms with Crippen LogP contribution in [0.25, 0.3) is 45.7 Å². The molecule has 0 bridgehead atoms. The van der Waals surface area contributed by atoms with Gasteiger partial charge in [0.05, 0.1) is 11.8 Å². The minimum atomic E-state index is -1.10. The van der Waals surface area contributed by atoms with Crippen molar-refractivity contribution in [2.75, 3.05) is 26.2 Å². The van der Waals surface area contributed by atoms with Gasteiger partial charge in [0, 0.05) is 84.8 Å². The maximum Gasteiger partial charge on any atom is 0.338 e. The van der Waals surface area contributed by atoms with Crippen molar-refractivity contribution in [2.45, 2.75) is 53.6 Å². The van der Waals surface area contributed by atoms with Gasteiger partial charge in [0.25, 0.3) is 11.8 Å². The fourth-order valence-corrected chi connectivity index (χ4v) is 7.80. The third-order valence-corrected chi connectivity index (χ3v) is 11.3. The molecule has 0 atom stereocenters. The SMILES string of the molecule is CC(C)Cc1ccc(-c2nc(-c3ccc(CN4CC(C(=O)OC(=O)/C=C\C(=O)OC(=O)C5CN(Cc6ccc(-c7noc(-c8ccc(CC(C)C)cc8)n7)cc6F)C5)C4)c(F)c3)no2)cc1. The number of hydrogen-bond acceptors (Lipinski definition) is 14. The van der Waals surface area contributed by atoms with Crippen LogP contribution in [0.2, 0.25) is 0 Å². The van der Waals surface area contributed by atoms with E-state index in [0.717, 1.165) is 24.0 Å². The molecule has 2 aromatic heterocycles. The van der Waals surface area contributed by atoms with Gasteiger partial charge in [-0.05, 0) is 72.2 Å². The maximum atomic E-state index is 15.2. The number of hydrogen-bond donors (Lipinski definition) is 0. The monoisotopic (exact) mass is 898 g/mol. The van der Waals surface area contributed by atoms with Crippen LogP contribution in [0.3, 0.4) is 0 Å². The molecule has 66 heavy (non-hydrogen) atoms. The summed E-state index contributed by atoms with van der Waals surface area (Å²) in [6, 6.07) is 25.1. The maximum absolute atomic E-state index is 15.2. The van der Waals surface area contributed by atoms with Gasteiger partial charge in [-0.25, -0.2) is 18.4 Å². The molecule has 2 aliphatic rings. The van der Waals surface area contributed by atoms with Crippen molar-refractivity contribution in [1.29, 1.82) is 0 Å². The van der Waals surface area contributed by atoms with Gasteiger partial charge < -0.3 is 18.5 Å². The molecule has 0 unspecified atom stereocenters. The van der Waals surface area contributed by atoms with Gasteiger partial charge >= 0.3 is 23.9 Å². The van der Waals surface area contributed by atoms with Gasteiger partial charge in [-0.3, -0.25) is 19.4 Å². The second-order valence-corrected chi connectivity index (χ2v) is 17.6. The largest absolute Gasteiger partial charge is 0.390 e. The number of benzene rings is 4. The summed E-state index contributed by atoms with van der Waals surface area (Å²) in [7, 11) is 0. The molecule has 0 N–H and O–H groups in total. The Hall–Kier alpha value is -7.04. The van der Waals surface area contributed by atoms with Gasteiger partial charge in [0.2, 0.25) is 11.6 Å². The number of halogens is 2. The van der Waals surface area contributed by atoms with E-state index in [1.165, 1.54) is 23.3 Å². The Labute approximate surface area is 379 Å². The molecule has 6 aromatic rings. The Balaban J connectivity index is 0.724. The Morgan fingerprint density at radius 1 is 0.591 bits per heavy atom. The van der Waals surface area contributed by atoms with E-state index in [9.17, 15) is 19.2 Å². The molecular weight excluding hydrogens is 851 g/mol. The zero-order valence-corrected chi connectivity index (χ0v) is 36.9. The van der Waals surface area contributed by atoms with Crippen molar-refractivity contribution in [2.24, 2.45) is 23.7 Å². The van der Waals surface area contributed by atoms with E-state index < -0.39 is 47.3 Å². The molecule has 0 aliphatic carbocycles. The molecular formula is C50H48F2N6O8. The third-order valence-electron chi connectivity index (χ3n) is 11.3. The molecule has 0 spiro atoms. The van der Waals surface area contributed by atoms with Crippen LogP contribution in [-0.4, -0.2) is 80.1 Å². The van der Waals surface area contributed by atoms with E-state index in [4.69, 9.17) is 18.5 Å². The molecule has 2 aliphatic heterocycles. The number of esters is 4. The standard InChI is InChI=1S/C50H48F2N6O8/c1-29(2)19-31-5-9-33(10-6-31)47-53-45(55-65-47)35-13-15-37(41(51)21-35)23-57-25-39(26-57)49(61)63-43(59)17-18-44(60)64-50(62)40-27-58(28-40)24-38-16-14-36(22-42(38)52)46-54-48(66-56-46)34-11-7-32(8-12-34)20-30(3)4/h5-18,21-22,29-30,39-40H,19-20,23-28H2,1-4H3/b18-17-. The molecule has 0 amide bonds. The fourth-order valence-electron chi connectivity index (χ4n) is 7.80. The summed E-state index contributed by atoms with van der Waals surface area (Å²) in [6.45, 7) is 9.96. The highest BCUT2D eigenvalue weighted by atomic mass is 19.1. The van der Waals surface area contributed by atoms with Crippen LogP contribution in [0.5, 0.6) is 0 Å². The van der Waals surface area contributed by atoms with Crippen LogP contribution in [-0.2, 0) is 54.6 Å². The summed E-state index contributed by atoms with van der Waals surface area (Å²) in [4.78, 5) is 62.2. The lowest BCUT2D eigenvalue weighted by atomic mass is 9.99. The Morgan fingerprint density at radius 3 is 1.30 bits per heavy atom. The van der Waals surface area contributed by atoms with Crippen molar-refractivity contribution in [3.63, 3.8) is 0 Å². The van der Waals surface area contributed by atoms with Crippen molar-refractivity contribution < 1.29 is 46.5 Å². The smallest absolute Gasteiger partial charge is 0.338 e. The number of carbonyl (C=O) groups excluding carboxylic acids is 4. The second-order valence-electron chi connectivity index (χ2n) is 17.6. The first kappa shape index (κ1) is 45.5. The van der Waals surface area contributed by atoms with Gasteiger partial charge in [-0.2, -0.15) is 9.97 Å². The summed E-state index contributed by atoms with van der Waals surface area (Å²) in [5, 5.41) is 8.05. The van der Waals surface area contributed by atoms with Crippen LogP contribution in [0.4, 0.5) is 8.78 Å². The lowest BCUT2D eigenvalue weighted by Crippen LogP contribution is -2.50. The van der Waals surface area contributed by atoms with Gasteiger partial charge in [-0.1, -0.05) is 86.5 Å².